The molecule has 0 aromatic carbocycles. The molecule has 172 valence electrons. The van der Waals surface area contributed by atoms with Crippen LogP contribution in [0.2, 0.25) is 0 Å². The second-order valence-corrected chi connectivity index (χ2v) is 8.79. The first-order chi connectivity index (χ1) is 13.6. The summed E-state index contributed by atoms with van der Waals surface area (Å²) in [6.45, 7) is 8.45. The Balaban J connectivity index is 0. The molecular formula is C26H56O2. The van der Waals surface area contributed by atoms with Gasteiger partial charge in [-0.15, -0.1) is 0 Å². The van der Waals surface area contributed by atoms with Crippen molar-refractivity contribution in [3.05, 3.63) is 0 Å². The van der Waals surface area contributed by atoms with Gasteiger partial charge in [0.15, 0.2) is 0 Å². The summed E-state index contributed by atoms with van der Waals surface area (Å²) in [6, 6.07) is 0. The first-order valence-corrected chi connectivity index (χ1v) is 12.9. The van der Waals surface area contributed by atoms with Gasteiger partial charge >= 0.3 is 0 Å². The van der Waals surface area contributed by atoms with Crippen molar-refractivity contribution in [3.8, 4) is 0 Å². The topological polar surface area (TPSA) is 40.5 Å². The van der Waals surface area contributed by atoms with E-state index < -0.39 is 0 Å². The Morgan fingerprint density at radius 3 is 1.11 bits per heavy atom. The number of aliphatic hydroxyl groups is 2. The molecule has 0 rings (SSSR count). The third kappa shape index (κ3) is 30.6. The largest absolute Gasteiger partial charge is 0.393 e. The van der Waals surface area contributed by atoms with Gasteiger partial charge in [-0.2, -0.15) is 0 Å². The summed E-state index contributed by atoms with van der Waals surface area (Å²) in [4.78, 5) is 0. The first kappa shape index (κ1) is 30.1. The summed E-state index contributed by atoms with van der Waals surface area (Å²) >= 11 is 0. The maximum absolute atomic E-state index is 9.33. The van der Waals surface area contributed by atoms with Crippen LogP contribution in [0.5, 0.6) is 0 Å². The Labute approximate surface area is 178 Å². The molecule has 0 aliphatic rings. The van der Waals surface area contributed by atoms with Gasteiger partial charge in [-0.05, 0) is 26.2 Å². The number of rotatable bonds is 20. The second kappa shape index (κ2) is 26.9. The highest BCUT2D eigenvalue weighted by molar-refractivity contribution is 4.53. The van der Waals surface area contributed by atoms with Crippen LogP contribution in [-0.4, -0.2) is 22.4 Å². The summed E-state index contributed by atoms with van der Waals surface area (Å²) in [5.74, 6) is 0. The van der Waals surface area contributed by atoms with E-state index in [0.717, 1.165) is 19.3 Å². The van der Waals surface area contributed by atoms with Crippen molar-refractivity contribution in [2.75, 3.05) is 0 Å². The fourth-order valence-electron chi connectivity index (χ4n) is 3.47. The molecule has 0 fully saturated rings. The predicted molar refractivity (Wildman–Crippen MR) is 127 cm³/mol. The fraction of sp³-hybridized carbons (Fsp3) is 1.00. The van der Waals surface area contributed by atoms with Crippen LogP contribution in [0.1, 0.15) is 156 Å². The summed E-state index contributed by atoms with van der Waals surface area (Å²) in [5, 5.41) is 18.4. The van der Waals surface area contributed by atoms with E-state index in [-0.39, 0.29) is 12.2 Å². The number of hydrogen-bond donors (Lipinski definition) is 2. The van der Waals surface area contributed by atoms with Crippen LogP contribution in [0.25, 0.3) is 0 Å². The second-order valence-electron chi connectivity index (χ2n) is 8.79. The van der Waals surface area contributed by atoms with Gasteiger partial charge in [0.05, 0.1) is 12.2 Å². The van der Waals surface area contributed by atoms with Gasteiger partial charge in [0.1, 0.15) is 0 Å². The average molecular weight is 401 g/mol. The minimum Gasteiger partial charge on any atom is -0.393 e. The highest BCUT2D eigenvalue weighted by atomic mass is 16.3. The molecule has 0 aliphatic heterocycles. The highest BCUT2D eigenvalue weighted by Crippen LogP contribution is 2.12. The third-order valence-electron chi connectivity index (χ3n) is 5.59. The minimum absolute atomic E-state index is 0.0462. The Morgan fingerprint density at radius 1 is 0.464 bits per heavy atom. The molecular weight excluding hydrogens is 344 g/mol. The van der Waals surface area contributed by atoms with Crippen LogP contribution in [-0.2, 0) is 0 Å². The summed E-state index contributed by atoms with van der Waals surface area (Å²) < 4.78 is 0. The molecule has 0 aromatic heterocycles. The quantitative estimate of drug-likeness (QED) is 0.201. The lowest BCUT2D eigenvalue weighted by Crippen LogP contribution is -2.03. The van der Waals surface area contributed by atoms with Crippen LogP contribution in [0.4, 0.5) is 0 Å². The van der Waals surface area contributed by atoms with Crippen molar-refractivity contribution in [1.29, 1.82) is 0 Å². The lowest BCUT2D eigenvalue weighted by atomic mass is 10.0. The average Bonchev–Trinajstić information content (AvgIpc) is 2.68. The van der Waals surface area contributed by atoms with Crippen LogP contribution in [0.15, 0.2) is 0 Å². The van der Waals surface area contributed by atoms with Gasteiger partial charge in [0.25, 0.3) is 0 Å². The van der Waals surface area contributed by atoms with E-state index in [1.807, 2.05) is 6.92 Å². The molecule has 28 heavy (non-hydrogen) atoms. The molecule has 2 N–H and O–H groups in total. The van der Waals surface area contributed by atoms with E-state index >= 15 is 0 Å². The lowest BCUT2D eigenvalue weighted by Gasteiger charge is -2.06. The van der Waals surface area contributed by atoms with Gasteiger partial charge in [-0.3, -0.25) is 0 Å². The van der Waals surface area contributed by atoms with E-state index in [9.17, 15) is 5.11 Å². The highest BCUT2D eigenvalue weighted by Gasteiger charge is 1.99. The molecule has 0 spiro atoms. The molecule has 2 unspecified atom stereocenters. The Morgan fingerprint density at radius 2 is 0.786 bits per heavy atom. The fourth-order valence-corrected chi connectivity index (χ4v) is 3.47. The molecule has 2 heteroatoms. The van der Waals surface area contributed by atoms with Crippen molar-refractivity contribution in [3.63, 3.8) is 0 Å². The molecule has 0 aliphatic carbocycles. The third-order valence-corrected chi connectivity index (χ3v) is 5.59. The van der Waals surface area contributed by atoms with E-state index in [2.05, 4.69) is 20.8 Å². The van der Waals surface area contributed by atoms with Crippen LogP contribution in [0.3, 0.4) is 0 Å². The minimum atomic E-state index is -0.0976. The molecule has 2 nitrogen and oxygen atoms in total. The van der Waals surface area contributed by atoms with E-state index in [0.29, 0.717) is 0 Å². The molecule has 0 bridgehead atoms. The summed E-state index contributed by atoms with van der Waals surface area (Å²) in [7, 11) is 0. The van der Waals surface area contributed by atoms with Crippen LogP contribution in [0, 0.1) is 0 Å². The number of aliphatic hydroxyl groups excluding tert-OH is 2. The van der Waals surface area contributed by atoms with Crippen molar-refractivity contribution < 1.29 is 10.2 Å². The van der Waals surface area contributed by atoms with Crippen molar-refractivity contribution in [2.45, 2.75) is 168 Å². The zero-order valence-electron chi connectivity index (χ0n) is 20.2. The van der Waals surface area contributed by atoms with Crippen molar-refractivity contribution >= 4 is 0 Å². The molecule has 0 saturated heterocycles. The van der Waals surface area contributed by atoms with Gasteiger partial charge in [0.2, 0.25) is 0 Å². The maximum Gasteiger partial charge on any atom is 0.0537 e. The number of unbranched alkanes of at least 4 members (excludes halogenated alkanes) is 15. The van der Waals surface area contributed by atoms with Crippen molar-refractivity contribution in [1.82, 2.24) is 0 Å². The van der Waals surface area contributed by atoms with E-state index in [1.165, 1.54) is 109 Å². The molecule has 0 aromatic rings. The Kier molecular flexibility index (Phi) is 29.0. The normalized spacial score (nSPS) is 13.1. The van der Waals surface area contributed by atoms with E-state index in [4.69, 9.17) is 5.11 Å². The van der Waals surface area contributed by atoms with Gasteiger partial charge in [-0.25, -0.2) is 0 Å². The monoisotopic (exact) mass is 400 g/mol. The first-order valence-electron chi connectivity index (χ1n) is 12.9. The van der Waals surface area contributed by atoms with Gasteiger partial charge in [0, 0.05) is 0 Å². The number of hydrogen-bond acceptors (Lipinski definition) is 2. The Hall–Kier alpha value is -0.0800. The zero-order chi connectivity index (χ0) is 21.3. The molecule has 2 atom stereocenters. The standard InChI is InChI=1S/2C13H28O/c1-3-4-5-6-7-8-9-10-11-12-13(2)14;1-3-5-6-7-8-9-10-11-12-13(14)4-2/h2*13-14H,3-12H2,1-2H3. The van der Waals surface area contributed by atoms with Crippen LogP contribution >= 0.6 is 0 Å². The van der Waals surface area contributed by atoms with Gasteiger partial charge < -0.3 is 10.2 Å². The predicted octanol–water partition coefficient (Wildman–Crippen LogP) is 8.58. The lowest BCUT2D eigenvalue weighted by molar-refractivity contribution is 0.156. The van der Waals surface area contributed by atoms with E-state index in [1.54, 1.807) is 0 Å². The zero-order valence-corrected chi connectivity index (χ0v) is 20.2. The maximum atomic E-state index is 9.33. The summed E-state index contributed by atoms with van der Waals surface area (Å²) in [5.41, 5.74) is 0. The summed E-state index contributed by atoms with van der Waals surface area (Å²) in [6.07, 6.45) is 25.8. The molecule has 0 amide bonds. The molecule has 0 radical (unpaired) electrons. The SMILES string of the molecule is CCCCCCCCCCC(O)CC.CCCCCCCCCCCC(C)O. The van der Waals surface area contributed by atoms with Crippen LogP contribution < -0.4 is 0 Å². The smallest absolute Gasteiger partial charge is 0.0537 e. The molecule has 0 heterocycles. The Bertz CT molecular complexity index is 253. The van der Waals surface area contributed by atoms with Crippen molar-refractivity contribution in [2.24, 2.45) is 0 Å². The molecule has 0 saturated carbocycles. The van der Waals surface area contributed by atoms with Gasteiger partial charge in [-0.1, -0.05) is 130 Å².